The number of aromatic nitrogens is 1. The lowest BCUT2D eigenvalue weighted by molar-refractivity contribution is 0.0768. The molecule has 0 aliphatic carbocycles. The fourth-order valence-corrected chi connectivity index (χ4v) is 5.15. The molecule has 19 heavy (non-hydrogen) atoms. The Morgan fingerprint density at radius 1 is 1.26 bits per heavy atom. The van der Waals surface area contributed by atoms with E-state index in [2.05, 4.69) is 4.98 Å². The molecule has 7 heteroatoms. The summed E-state index contributed by atoms with van der Waals surface area (Å²) in [4.78, 5) is 14.2. The van der Waals surface area contributed by atoms with Crippen LogP contribution in [0, 0.1) is 0 Å². The van der Waals surface area contributed by atoms with Crippen LogP contribution in [0.1, 0.15) is 25.7 Å². The number of aromatic amines is 1. The number of nitrogens with one attached hydrogen (secondary N) is 1. The van der Waals surface area contributed by atoms with Crippen LogP contribution in [0.25, 0.3) is 0 Å². The fourth-order valence-electron chi connectivity index (χ4n) is 3.21. The molecule has 2 aliphatic heterocycles. The lowest BCUT2D eigenvalue weighted by Gasteiger charge is -2.35. The maximum absolute atomic E-state index is 12.6. The number of piperidine rings is 1. The number of sulfonamides is 1. The zero-order valence-corrected chi connectivity index (χ0v) is 11.1. The van der Waals surface area contributed by atoms with Crippen LogP contribution in [-0.2, 0) is 10.0 Å². The number of H-pyrrole nitrogens is 1. The number of aliphatic hydroxyl groups excluding tert-OH is 1. The van der Waals surface area contributed by atoms with Gasteiger partial charge in [-0.3, -0.25) is 4.79 Å². The van der Waals surface area contributed by atoms with E-state index >= 15 is 0 Å². The first kappa shape index (κ1) is 12.8. The van der Waals surface area contributed by atoms with Crippen LogP contribution in [0.4, 0.5) is 0 Å². The predicted molar refractivity (Wildman–Crippen MR) is 68.1 cm³/mol. The van der Waals surface area contributed by atoms with Crippen LogP contribution in [0.3, 0.4) is 0 Å². The highest BCUT2D eigenvalue weighted by Gasteiger charge is 2.47. The van der Waals surface area contributed by atoms with E-state index in [0.717, 1.165) is 12.8 Å². The highest BCUT2D eigenvalue weighted by Crippen LogP contribution is 2.39. The van der Waals surface area contributed by atoms with Crippen molar-refractivity contribution in [2.45, 2.75) is 48.8 Å². The molecule has 0 aromatic carbocycles. The largest absolute Gasteiger partial charge is 0.393 e. The standard InChI is InChI=1S/C12H16N2O4S/c15-10-5-8-1-2-9(6-10)14(8)19(17,18)12-7-13-4-3-11(12)16/h3-4,7-10,15H,1-2,5-6H2,(H,13,16). The molecule has 2 saturated heterocycles. The van der Waals surface area contributed by atoms with Gasteiger partial charge in [-0.2, -0.15) is 4.31 Å². The van der Waals surface area contributed by atoms with Gasteiger partial charge in [-0.05, 0) is 25.7 Å². The summed E-state index contributed by atoms with van der Waals surface area (Å²) in [5, 5.41) is 9.71. The number of fused-ring (bicyclic) bond motifs is 2. The minimum atomic E-state index is -3.77. The SMILES string of the molecule is O=c1cc[nH]cc1S(=O)(=O)N1C2CCC1CC(O)C2. The van der Waals surface area contributed by atoms with Crippen molar-refractivity contribution in [1.82, 2.24) is 9.29 Å². The van der Waals surface area contributed by atoms with Crippen molar-refractivity contribution >= 4 is 10.0 Å². The second-order valence-electron chi connectivity index (χ2n) is 5.22. The van der Waals surface area contributed by atoms with Gasteiger partial charge in [0.05, 0.1) is 6.10 Å². The molecule has 3 rings (SSSR count). The average molecular weight is 284 g/mol. The van der Waals surface area contributed by atoms with E-state index in [4.69, 9.17) is 0 Å². The first-order valence-electron chi connectivity index (χ1n) is 6.39. The van der Waals surface area contributed by atoms with E-state index in [1.54, 1.807) is 0 Å². The van der Waals surface area contributed by atoms with Gasteiger partial charge in [0.25, 0.3) is 0 Å². The Labute approximate surface area is 111 Å². The van der Waals surface area contributed by atoms with Crippen molar-refractivity contribution in [3.63, 3.8) is 0 Å². The van der Waals surface area contributed by atoms with Crippen molar-refractivity contribution in [3.8, 4) is 0 Å². The maximum Gasteiger partial charge on any atom is 0.248 e. The average Bonchev–Trinajstić information content (AvgIpc) is 2.63. The molecule has 104 valence electrons. The monoisotopic (exact) mass is 284 g/mol. The molecule has 2 aliphatic rings. The van der Waals surface area contributed by atoms with Gasteiger partial charge < -0.3 is 10.1 Å². The zero-order valence-electron chi connectivity index (χ0n) is 10.3. The van der Waals surface area contributed by atoms with Crippen LogP contribution in [0.15, 0.2) is 28.2 Å². The van der Waals surface area contributed by atoms with Crippen LogP contribution in [0.2, 0.25) is 0 Å². The second-order valence-corrected chi connectivity index (χ2v) is 7.03. The zero-order chi connectivity index (χ0) is 13.6. The van der Waals surface area contributed by atoms with Gasteiger partial charge in [0, 0.05) is 30.5 Å². The smallest absolute Gasteiger partial charge is 0.248 e. The van der Waals surface area contributed by atoms with Crippen LogP contribution in [0.5, 0.6) is 0 Å². The van der Waals surface area contributed by atoms with Crippen molar-refractivity contribution < 1.29 is 13.5 Å². The van der Waals surface area contributed by atoms with Crippen LogP contribution >= 0.6 is 0 Å². The third kappa shape index (κ3) is 2.01. The second kappa shape index (κ2) is 4.43. The van der Waals surface area contributed by atoms with Crippen molar-refractivity contribution in [1.29, 1.82) is 0 Å². The minimum absolute atomic E-state index is 0.182. The van der Waals surface area contributed by atoms with E-state index in [1.807, 2.05) is 0 Å². The summed E-state index contributed by atoms with van der Waals surface area (Å²) in [6.45, 7) is 0. The third-order valence-electron chi connectivity index (χ3n) is 3.98. The quantitative estimate of drug-likeness (QED) is 0.803. The van der Waals surface area contributed by atoms with Gasteiger partial charge in [-0.15, -0.1) is 0 Å². The van der Waals surface area contributed by atoms with E-state index < -0.39 is 21.6 Å². The Kier molecular flexibility index (Phi) is 2.99. The number of rotatable bonds is 2. The van der Waals surface area contributed by atoms with Crippen LogP contribution < -0.4 is 5.43 Å². The molecule has 6 nitrogen and oxygen atoms in total. The normalized spacial score (nSPS) is 31.5. The number of nitrogens with zero attached hydrogens (tertiary/aromatic N) is 1. The molecule has 1 aromatic rings. The van der Waals surface area contributed by atoms with E-state index in [-0.39, 0.29) is 17.0 Å². The molecule has 3 heterocycles. The van der Waals surface area contributed by atoms with Crippen molar-refractivity contribution in [3.05, 3.63) is 28.7 Å². The molecule has 2 fully saturated rings. The van der Waals surface area contributed by atoms with Crippen molar-refractivity contribution in [2.24, 2.45) is 0 Å². The number of pyridine rings is 1. The van der Waals surface area contributed by atoms with Gasteiger partial charge in [-0.25, -0.2) is 8.42 Å². The van der Waals surface area contributed by atoms with Crippen LogP contribution in [-0.4, -0.2) is 41.0 Å². The summed E-state index contributed by atoms with van der Waals surface area (Å²) in [5.41, 5.74) is -0.496. The number of aliphatic hydroxyl groups is 1. The summed E-state index contributed by atoms with van der Waals surface area (Å²) in [6, 6.07) is 0.852. The number of hydrogen-bond donors (Lipinski definition) is 2. The summed E-state index contributed by atoms with van der Waals surface area (Å²) in [7, 11) is -3.77. The Balaban J connectivity index is 2.03. The molecule has 2 bridgehead atoms. The molecule has 0 radical (unpaired) electrons. The molecule has 2 atom stereocenters. The van der Waals surface area contributed by atoms with Gasteiger partial charge >= 0.3 is 0 Å². The van der Waals surface area contributed by atoms with Gasteiger partial charge in [-0.1, -0.05) is 0 Å². The number of hydrogen-bond acceptors (Lipinski definition) is 4. The molecule has 0 spiro atoms. The van der Waals surface area contributed by atoms with Gasteiger partial charge in [0.1, 0.15) is 4.90 Å². The summed E-state index contributed by atoms with van der Waals surface area (Å²) in [5.74, 6) is 0. The lowest BCUT2D eigenvalue weighted by atomic mass is 10.0. The Bertz CT molecular complexity index is 625. The molecular weight excluding hydrogens is 268 g/mol. The predicted octanol–water partition coefficient (Wildman–Crippen LogP) is 0.0513. The molecular formula is C12H16N2O4S. The Morgan fingerprint density at radius 2 is 1.89 bits per heavy atom. The molecule has 2 N–H and O–H groups in total. The first-order chi connectivity index (χ1) is 9.00. The lowest BCUT2D eigenvalue weighted by Crippen LogP contribution is -2.48. The summed E-state index contributed by atoms with van der Waals surface area (Å²) >= 11 is 0. The molecule has 0 amide bonds. The van der Waals surface area contributed by atoms with Gasteiger partial charge in [0.2, 0.25) is 15.5 Å². The maximum atomic E-state index is 12.6. The molecule has 0 saturated carbocycles. The third-order valence-corrected chi connectivity index (χ3v) is 6.01. The van der Waals surface area contributed by atoms with E-state index in [1.165, 1.54) is 22.8 Å². The highest BCUT2D eigenvalue weighted by atomic mass is 32.2. The highest BCUT2D eigenvalue weighted by molar-refractivity contribution is 7.89. The Morgan fingerprint density at radius 3 is 2.47 bits per heavy atom. The molecule has 1 aromatic heterocycles. The minimum Gasteiger partial charge on any atom is -0.393 e. The van der Waals surface area contributed by atoms with E-state index in [0.29, 0.717) is 12.8 Å². The topological polar surface area (TPSA) is 90.5 Å². The first-order valence-corrected chi connectivity index (χ1v) is 7.83. The van der Waals surface area contributed by atoms with E-state index in [9.17, 15) is 18.3 Å². The van der Waals surface area contributed by atoms with Crippen molar-refractivity contribution in [2.75, 3.05) is 0 Å². The fraction of sp³-hybridized carbons (Fsp3) is 0.583. The Hall–Kier alpha value is -1.18. The summed E-state index contributed by atoms with van der Waals surface area (Å²) in [6.07, 6.45) is 4.65. The van der Waals surface area contributed by atoms with Gasteiger partial charge in [0.15, 0.2) is 0 Å². The summed E-state index contributed by atoms with van der Waals surface area (Å²) < 4.78 is 26.6. The molecule has 2 unspecified atom stereocenters.